The van der Waals surface area contributed by atoms with Gasteiger partial charge < -0.3 is 25.2 Å². The summed E-state index contributed by atoms with van der Waals surface area (Å²) >= 11 is 1.29. The van der Waals surface area contributed by atoms with Crippen molar-refractivity contribution in [3.05, 3.63) is 60.8 Å². The molecule has 0 saturated carbocycles. The van der Waals surface area contributed by atoms with Crippen LogP contribution in [0.1, 0.15) is 34.1 Å². The molecular formula is C29H36N6O3S. The van der Waals surface area contributed by atoms with Crippen LogP contribution in [0.2, 0.25) is 0 Å². The van der Waals surface area contributed by atoms with Gasteiger partial charge in [0.05, 0.1) is 30.0 Å². The standard InChI is InChI=1S/C29H36N6O3S/c1-8-12-22(18-35(10-3)29(6,7)9-2)27(37)30-15-26(36)33-28-32-24(19-39-28)23-13-11-14-25(31-23)34-16-20(4)38-21(5)17-34/h2,8,10-11,13-14,18-21H,1,3,12,15-17H2,4-7H3,(H,30,37)(H,32,33,36)/b22-18+/t20-,21+. The van der Waals surface area contributed by atoms with Gasteiger partial charge >= 0.3 is 0 Å². The second-order valence-corrected chi connectivity index (χ2v) is 10.6. The van der Waals surface area contributed by atoms with E-state index in [0.29, 0.717) is 28.5 Å². The summed E-state index contributed by atoms with van der Waals surface area (Å²) < 4.78 is 5.83. The van der Waals surface area contributed by atoms with Crippen molar-refractivity contribution in [2.45, 2.75) is 51.9 Å². The highest BCUT2D eigenvalue weighted by Crippen LogP contribution is 2.26. The summed E-state index contributed by atoms with van der Waals surface area (Å²) in [4.78, 5) is 38.5. The average molecular weight is 549 g/mol. The molecule has 2 amide bonds. The highest BCUT2D eigenvalue weighted by Gasteiger charge is 2.24. The zero-order valence-corrected chi connectivity index (χ0v) is 23.8. The molecule has 10 heteroatoms. The second kappa shape index (κ2) is 13.2. The molecule has 2 aromatic heterocycles. The lowest BCUT2D eigenvalue weighted by Gasteiger charge is -2.36. The van der Waals surface area contributed by atoms with E-state index in [9.17, 15) is 9.59 Å². The van der Waals surface area contributed by atoms with Crippen LogP contribution in [0.15, 0.2) is 60.8 Å². The van der Waals surface area contributed by atoms with E-state index in [1.54, 1.807) is 23.4 Å². The number of anilines is 2. The fourth-order valence-electron chi connectivity index (χ4n) is 4.04. The molecule has 2 atom stereocenters. The van der Waals surface area contributed by atoms with Gasteiger partial charge in [0, 0.05) is 30.2 Å². The molecule has 0 spiro atoms. The Morgan fingerprint density at radius 3 is 2.62 bits per heavy atom. The van der Waals surface area contributed by atoms with Gasteiger partial charge in [-0.2, -0.15) is 0 Å². The molecule has 2 aromatic rings. The van der Waals surface area contributed by atoms with Crippen molar-refractivity contribution in [1.82, 2.24) is 20.2 Å². The summed E-state index contributed by atoms with van der Waals surface area (Å²) in [5, 5.41) is 7.64. The van der Waals surface area contributed by atoms with Crippen LogP contribution in [0, 0.1) is 12.3 Å². The number of carbonyl (C=O) groups excluding carboxylic acids is 2. The van der Waals surface area contributed by atoms with Crippen LogP contribution in [0.4, 0.5) is 10.9 Å². The smallest absolute Gasteiger partial charge is 0.249 e. The molecule has 1 fully saturated rings. The number of thiazole rings is 1. The van der Waals surface area contributed by atoms with Crippen molar-refractivity contribution in [1.29, 1.82) is 0 Å². The van der Waals surface area contributed by atoms with E-state index < -0.39 is 17.4 Å². The van der Waals surface area contributed by atoms with Gasteiger partial charge in [0.15, 0.2) is 5.13 Å². The third-order valence-electron chi connectivity index (χ3n) is 6.05. The Morgan fingerprint density at radius 1 is 1.26 bits per heavy atom. The molecule has 3 heterocycles. The number of hydrogen-bond acceptors (Lipinski definition) is 8. The quantitative estimate of drug-likeness (QED) is 0.247. The molecule has 206 valence electrons. The Balaban J connectivity index is 1.62. The number of ether oxygens (including phenoxy) is 1. The molecule has 9 nitrogen and oxygen atoms in total. The summed E-state index contributed by atoms with van der Waals surface area (Å²) in [6.07, 6.45) is 10.9. The summed E-state index contributed by atoms with van der Waals surface area (Å²) in [5.41, 5.74) is 1.09. The number of hydrogen-bond donors (Lipinski definition) is 2. The summed E-state index contributed by atoms with van der Waals surface area (Å²) in [6, 6.07) is 5.81. The van der Waals surface area contributed by atoms with E-state index in [1.807, 2.05) is 37.4 Å². The lowest BCUT2D eigenvalue weighted by atomic mass is 10.0. The van der Waals surface area contributed by atoms with Crippen LogP contribution >= 0.6 is 11.3 Å². The van der Waals surface area contributed by atoms with Crippen LogP contribution < -0.4 is 15.5 Å². The van der Waals surface area contributed by atoms with E-state index in [-0.39, 0.29) is 18.8 Å². The van der Waals surface area contributed by atoms with Gasteiger partial charge in [-0.3, -0.25) is 9.59 Å². The molecule has 3 rings (SSSR count). The Labute approximate surface area is 234 Å². The first-order chi connectivity index (χ1) is 18.6. The molecule has 1 aliphatic heterocycles. The largest absolute Gasteiger partial charge is 0.372 e. The monoisotopic (exact) mass is 548 g/mol. The van der Waals surface area contributed by atoms with Gasteiger partial charge in [0.25, 0.3) is 0 Å². The first kappa shape index (κ1) is 29.6. The molecule has 0 radical (unpaired) electrons. The van der Waals surface area contributed by atoms with Crippen molar-refractivity contribution in [2.24, 2.45) is 0 Å². The van der Waals surface area contributed by atoms with E-state index in [0.717, 1.165) is 18.9 Å². The minimum absolute atomic E-state index is 0.125. The lowest BCUT2D eigenvalue weighted by Crippen LogP contribution is -2.45. The highest BCUT2D eigenvalue weighted by atomic mass is 32.1. The minimum atomic E-state index is -0.679. The van der Waals surface area contributed by atoms with Gasteiger partial charge in [-0.15, -0.1) is 24.3 Å². The number of nitrogens with zero attached hydrogens (tertiary/aromatic N) is 4. The zero-order chi connectivity index (χ0) is 28.6. The van der Waals surface area contributed by atoms with Crippen molar-refractivity contribution in [3.63, 3.8) is 0 Å². The second-order valence-electron chi connectivity index (χ2n) is 9.75. The van der Waals surface area contributed by atoms with Crippen molar-refractivity contribution < 1.29 is 14.3 Å². The molecule has 0 aliphatic carbocycles. The fourth-order valence-corrected chi connectivity index (χ4v) is 4.76. The number of rotatable bonds is 11. The van der Waals surface area contributed by atoms with Crippen molar-refractivity contribution >= 4 is 34.1 Å². The maximum Gasteiger partial charge on any atom is 0.249 e. The van der Waals surface area contributed by atoms with E-state index in [1.165, 1.54) is 11.3 Å². The van der Waals surface area contributed by atoms with Crippen LogP contribution in [0.25, 0.3) is 11.4 Å². The summed E-state index contributed by atoms with van der Waals surface area (Å²) in [7, 11) is 0. The molecule has 39 heavy (non-hydrogen) atoms. The Hall–Kier alpha value is -3.94. The molecule has 1 aliphatic rings. The number of allylic oxidation sites excluding steroid dienone is 1. The van der Waals surface area contributed by atoms with Gasteiger partial charge in [0.1, 0.15) is 11.5 Å². The number of terminal acetylenes is 1. The van der Waals surface area contributed by atoms with Crippen molar-refractivity contribution in [2.75, 3.05) is 29.9 Å². The van der Waals surface area contributed by atoms with E-state index in [2.05, 4.69) is 53.4 Å². The first-order valence-electron chi connectivity index (χ1n) is 12.7. The molecule has 0 unspecified atom stereocenters. The minimum Gasteiger partial charge on any atom is -0.372 e. The Bertz CT molecular complexity index is 1270. The number of carbonyl (C=O) groups is 2. The SMILES string of the molecule is C#CC(C)(C)N(C=C)/C=C(\CC=C)C(=O)NCC(=O)Nc1nc(-c2cccc(N3C[C@@H](C)O[C@@H](C)C3)n2)cs1. The number of aromatic nitrogens is 2. The third kappa shape index (κ3) is 8.02. The molecule has 0 bridgehead atoms. The van der Waals surface area contributed by atoms with E-state index in [4.69, 9.17) is 16.1 Å². The number of amides is 2. The molecular weight excluding hydrogens is 512 g/mol. The maximum atomic E-state index is 12.8. The van der Waals surface area contributed by atoms with E-state index >= 15 is 0 Å². The van der Waals surface area contributed by atoms with Crippen LogP contribution in [-0.4, -0.2) is 64.1 Å². The predicted molar refractivity (Wildman–Crippen MR) is 157 cm³/mol. The third-order valence-corrected chi connectivity index (χ3v) is 6.80. The molecule has 1 saturated heterocycles. The number of morpholine rings is 1. The summed E-state index contributed by atoms with van der Waals surface area (Å²) in [6.45, 7) is 16.6. The van der Waals surface area contributed by atoms with Crippen molar-refractivity contribution in [3.8, 4) is 23.7 Å². The fraction of sp³-hybridized carbons (Fsp3) is 0.379. The average Bonchev–Trinajstić information content (AvgIpc) is 3.37. The van der Waals surface area contributed by atoms with Crippen LogP contribution in [-0.2, 0) is 14.3 Å². The van der Waals surface area contributed by atoms with Crippen LogP contribution in [0.3, 0.4) is 0 Å². The Kier molecular flexibility index (Phi) is 10.0. The molecule has 0 aromatic carbocycles. The Morgan fingerprint density at radius 2 is 1.97 bits per heavy atom. The predicted octanol–water partition coefficient (Wildman–Crippen LogP) is 4.19. The van der Waals surface area contributed by atoms with Gasteiger partial charge in [-0.05, 0) is 52.4 Å². The number of nitrogens with one attached hydrogen (secondary N) is 2. The topological polar surface area (TPSA) is 99.7 Å². The molecule has 2 N–H and O–H groups in total. The normalized spacial score (nSPS) is 17.6. The first-order valence-corrected chi connectivity index (χ1v) is 13.6. The number of pyridine rings is 1. The lowest BCUT2D eigenvalue weighted by molar-refractivity contribution is -0.121. The van der Waals surface area contributed by atoms with Crippen LogP contribution in [0.5, 0.6) is 0 Å². The highest BCUT2D eigenvalue weighted by molar-refractivity contribution is 7.14. The zero-order valence-electron chi connectivity index (χ0n) is 22.9. The maximum absolute atomic E-state index is 12.8. The van der Waals surface area contributed by atoms with Gasteiger partial charge in [0.2, 0.25) is 11.8 Å². The van der Waals surface area contributed by atoms with Gasteiger partial charge in [-0.1, -0.05) is 24.6 Å². The van der Waals surface area contributed by atoms with Gasteiger partial charge in [-0.25, -0.2) is 9.97 Å². The summed E-state index contributed by atoms with van der Waals surface area (Å²) in [5.74, 6) is 2.72.